The van der Waals surface area contributed by atoms with E-state index < -0.39 is 0 Å². The zero-order chi connectivity index (χ0) is 17.0. The van der Waals surface area contributed by atoms with Crippen molar-refractivity contribution in [1.29, 1.82) is 0 Å². The molecule has 1 aliphatic heterocycles. The zero-order valence-electron chi connectivity index (χ0n) is 14.6. The van der Waals surface area contributed by atoms with Gasteiger partial charge in [-0.25, -0.2) is 0 Å². The Morgan fingerprint density at radius 2 is 1.83 bits per heavy atom. The summed E-state index contributed by atoms with van der Waals surface area (Å²) in [6.07, 6.45) is 3.78. The molecule has 0 aliphatic carbocycles. The van der Waals surface area contributed by atoms with Crippen LogP contribution >= 0.6 is 23.2 Å². The zero-order valence-corrected chi connectivity index (χ0v) is 16.1. The Hall–Kier alpha value is -0.480. The summed E-state index contributed by atoms with van der Waals surface area (Å²) in [5.41, 5.74) is 1.15. The van der Waals surface area contributed by atoms with Crippen LogP contribution in [0.3, 0.4) is 0 Å². The molecule has 0 bridgehead atoms. The van der Waals surface area contributed by atoms with E-state index in [4.69, 9.17) is 27.9 Å². The van der Waals surface area contributed by atoms with Crippen LogP contribution in [0.25, 0.3) is 0 Å². The van der Waals surface area contributed by atoms with Gasteiger partial charge in [0.05, 0.1) is 16.1 Å². The van der Waals surface area contributed by atoms with Gasteiger partial charge in [0.1, 0.15) is 0 Å². The number of benzene rings is 1. The van der Waals surface area contributed by atoms with E-state index in [2.05, 4.69) is 23.9 Å². The Balaban J connectivity index is 2.03. The van der Waals surface area contributed by atoms with Crippen molar-refractivity contribution < 1.29 is 4.74 Å². The lowest BCUT2D eigenvalue weighted by atomic mass is 10.1. The van der Waals surface area contributed by atoms with Gasteiger partial charge in [-0.05, 0) is 78.0 Å². The van der Waals surface area contributed by atoms with Crippen molar-refractivity contribution in [3.63, 3.8) is 0 Å². The summed E-state index contributed by atoms with van der Waals surface area (Å²) < 4.78 is 5.70. The van der Waals surface area contributed by atoms with Gasteiger partial charge in [-0.2, -0.15) is 0 Å². The first kappa shape index (κ1) is 18.9. The maximum atomic E-state index is 6.36. The number of rotatable bonds is 5. The fourth-order valence-electron chi connectivity index (χ4n) is 3.12. The molecule has 0 amide bonds. The molecule has 1 fully saturated rings. The molecule has 0 unspecified atom stereocenters. The van der Waals surface area contributed by atoms with Crippen LogP contribution in [-0.2, 0) is 6.54 Å². The Morgan fingerprint density at radius 3 is 2.39 bits per heavy atom. The molecule has 0 aromatic heterocycles. The fourth-order valence-corrected chi connectivity index (χ4v) is 3.74. The van der Waals surface area contributed by atoms with Crippen LogP contribution in [0.15, 0.2) is 12.1 Å². The highest BCUT2D eigenvalue weighted by atomic mass is 35.5. The van der Waals surface area contributed by atoms with Crippen LogP contribution in [0.1, 0.15) is 38.7 Å². The van der Waals surface area contributed by atoms with E-state index in [1.54, 1.807) is 0 Å². The van der Waals surface area contributed by atoms with Gasteiger partial charge in [0, 0.05) is 12.6 Å². The van der Waals surface area contributed by atoms with Crippen molar-refractivity contribution >= 4 is 23.2 Å². The van der Waals surface area contributed by atoms with Crippen LogP contribution in [0.4, 0.5) is 0 Å². The predicted molar refractivity (Wildman–Crippen MR) is 98.8 cm³/mol. The Kier molecular flexibility index (Phi) is 7.02. The molecule has 1 saturated heterocycles. The molecule has 0 saturated carbocycles. The highest BCUT2D eigenvalue weighted by molar-refractivity contribution is 6.37. The Bertz CT molecular complexity index is 497. The van der Waals surface area contributed by atoms with Crippen LogP contribution in [0, 0.1) is 0 Å². The van der Waals surface area contributed by atoms with Crippen molar-refractivity contribution in [1.82, 2.24) is 9.80 Å². The highest BCUT2D eigenvalue weighted by Gasteiger charge is 2.19. The second-order valence-electron chi connectivity index (χ2n) is 6.88. The van der Waals surface area contributed by atoms with E-state index in [-0.39, 0.29) is 6.10 Å². The first-order valence-corrected chi connectivity index (χ1v) is 9.15. The van der Waals surface area contributed by atoms with E-state index in [1.807, 2.05) is 26.0 Å². The lowest BCUT2D eigenvalue weighted by Crippen LogP contribution is -2.29. The Labute approximate surface area is 150 Å². The molecular weight excluding hydrogens is 331 g/mol. The van der Waals surface area contributed by atoms with Gasteiger partial charge in [0.25, 0.3) is 0 Å². The van der Waals surface area contributed by atoms with Gasteiger partial charge in [0.2, 0.25) is 0 Å². The number of nitrogens with zero attached hydrogens (tertiary/aromatic N) is 2. The maximum absolute atomic E-state index is 6.36. The molecular formula is C18H28Cl2N2O. The first-order valence-electron chi connectivity index (χ1n) is 8.40. The van der Waals surface area contributed by atoms with E-state index in [1.165, 1.54) is 19.3 Å². The summed E-state index contributed by atoms with van der Waals surface area (Å²) in [7, 11) is 4.35. The lowest BCUT2D eigenvalue weighted by molar-refractivity contribution is 0.241. The van der Waals surface area contributed by atoms with Gasteiger partial charge in [-0.3, -0.25) is 4.90 Å². The first-order chi connectivity index (χ1) is 10.9. The number of halogens is 2. The third-order valence-corrected chi connectivity index (χ3v) is 4.90. The Morgan fingerprint density at radius 1 is 1.17 bits per heavy atom. The fraction of sp³-hybridized carbons (Fsp3) is 0.667. The molecule has 3 nitrogen and oxygen atoms in total. The quantitative estimate of drug-likeness (QED) is 0.758. The average molecular weight is 359 g/mol. The molecule has 23 heavy (non-hydrogen) atoms. The second kappa shape index (κ2) is 8.57. The van der Waals surface area contributed by atoms with Crippen molar-refractivity contribution in [2.24, 2.45) is 0 Å². The van der Waals surface area contributed by atoms with Crippen LogP contribution in [0.2, 0.25) is 10.0 Å². The smallest absolute Gasteiger partial charge is 0.156 e. The van der Waals surface area contributed by atoms with E-state index >= 15 is 0 Å². The largest absolute Gasteiger partial charge is 0.488 e. The van der Waals surface area contributed by atoms with E-state index in [9.17, 15) is 0 Å². The number of hydrogen-bond donors (Lipinski definition) is 0. The molecule has 130 valence electrons. The van der Waals surface area contributed by atoms with Crippen LogP contribution < -0.4 is 4.74 Å². The highest BCUT2D eigenvalue weighted by Crippen LogP contribution is 2.35. The summed E-state index contributed by atoms with van der Waals surface area (Å²) in [5, 5.41) is 1.20. The summed E-state index contributed by atoms with van der Waals surface area (Å²) >= 11 is 12.7. The second-order valence-corrected chi connectivity index (χ2v) is 7.69. The summed E-state index contributed by atoms with van der Waals surface area (Å²) in [6.45, 7) is 7.08. The molecule has 0 radical (unpaired) electrons. The predicted octanol–water partition coefficient (Wildman–Crippen LogP) is 4.70. The molecule has 5 heteroatoms. The maximum Gasteiger partial charge on any atom is 0.156 e. The topological polar surface area (TPSA) is 15.7 Å². The van der Waals surface area contributed by atoms with Crippen LogP contribution in [-0.4, -0.2) is 49.1 Å². The molecule has 1 aliphatic rings. The normalized spacial score (nSPS) is 20.1. The molecule has 1 aromatic rings. The van der Waals surface area contributed by atoms with Crippen molar-refractivity contribution in [2.45, 2.75) is 51.8 Å². The van der Waals surface area contributed by atoms with Gasteiger partial charge in [0.15, 0.2) is 5.75 Å². The number of ether oxygens (including phenoxy) is 1. The third kappa shape index (κ3) is 5.53. The molecule has 1 atom stereocenters. The molecule has 0 N–H and O–H groups in total. The molecule has 2 rings (SSSR count). The SMILES string of the molecule is CC(C)Oc1c(Cl)cc(CN2CCC[C@@H](N(C)C)CC2)cc1Cl. The van der Waals surface area contributed by atoms with Crippen molar-refractivity contribution in [3.05, 3.63) is 27.7 Å². The van der Waals surface area contributed by atoms with Gasteiger partial charge in [-0.15, -0.1) is 0 Å². The monoisotopic (exact) mass is 358 g/mol. The van der Waals surface area contributed by atoms with Crippen molar-refractivity contribution in [3.8, 4) is 5.75 Å². The summed E-state index contributed by atoms with van der Waals surface area (Å²) in [4.78, 5) is 4.84. The molecule has 1 heterocycles. The third-order valence-electron chi connectivity index (χ3n) is 4.34. The van der Waals surface area contributed by atoms with Gasteiger partial charge in [-0.1, -0.05) is 23.2 Å². The average Bonchev–Trinajstić information content (AvgIpc) is 2.68. The van der Waals surface area contributed by atoms with E-state index in [0.717, 1.165) is 25.2 Å². The minimum Gasteiger partial charge on any atom is -0.488 e. The number of likely N-dealkylation sites (tertiary alicyclic amines) is 1. The molecule has 0 spiro atoms. The van der Waals surface area contributed by atoms with Gasteiger partial charge < -0.3 is 9.64 Å². The van der Waals surface area contributed by atoms with E-state index in [0.29, 0.717) is 21.8 Å². The number of hydrogen-bond acceptors (Lipinski definition) is 3. The minimum absolute atomic E-state index is 0.0597. The summed E-state index contributed by atoms with van der Waals surface area (Å²) in [6, 6.07) is 4.66. The minimum atomic E-state index is 0.0597. The lowest BCUT2D eigenvalue weighted by Gasteiger charge is -2.23. The standard InChI is InChI=1S/C18H28Cl2N2O/c1-13(2)23-18-16(19)10-14(11-17(18)20)12-22-8-5-6-15(7-9-22)21(3)4/h10-11,13,15H,5-9,12H2,1-4H3/t15-/m1/s1. The summed E-state index contributed by atoms with van der Waals surface area (Å²) in [5.74, 6) is 0.593. The van der Waals surface area contributed by atoms with Gasteiger partial charge >= 0.3 is 0 Å². The van der Waals surface area contributed by atoms with Crippen molar-refractivity contribution in [2.75, 3.05) is 27.2 Å². The van der Waals surface area contributed by atoms with Crippen LogP contribution in [0.5, 0.6) is 5.75 Å². The molecule has 1 aromatic carbocycles.